The minimum Gasteiger partial charge on any atom is -0.327 e. The van der Waals surface area contributed by atoms with Gasteiger partial charge in [-0.2, -0.15) is 0 Å². The van der Waals surface area contributed by atoms with Crippen molar-refractivity contribution in [3.63, 3.8) is 0 Å². The Hall–Kier alpha value is -2.67. The van der Waals surface area contributed by atoms with Gasteiger partial charge in [0.1, 0.15) is 5.82 Å². The molecule has 0 saturated heterocycles. The molecule has 3 N–H and O–H groups in total. The van der Waals surface area contributed by atoms with Crippen LogP contribution in [0, 0.1) is 5.82 Å². The molecule has 1 atom stereocenters. The molecule has 1 heterocycles. The predicted molar refractivity (Wildman–Crippen MR) is 96.3 cm³/mol. The van der Waals surface area contributed by atoms with Crippen LogP contribution < -0.4 is 16.0 Å². The van der Waals surface area contributed by atoms with Gasteiger partial charge in [-0.05, 0) is 30.7 Å². The first-order valence-corrected chi connectivity index (χ1v) is 8.35. The lowest BCUT2D eigenvalue weighted by Crippen LogP contribution is -2.46. The van der Waals surface area contributed by atoms with Gasteiger partial charge < -0.3 is 16.0 Å². The second-order valence-electron chi connectivity index (χ2n) is 5.53. The van der Waals surface area contributed by atoms with Gasteiger partial charge >= 0.3 is 6.03 Å². The smallest absolute Gasteiger partial charge is 0.319 e. The summed E-state index contributed by atoms with van der Waals surface area (Å²) in [6.45, 7) is 1.64. The zero-order valence-electron chi connectivity index (χ0n) is 13.3. The third-order valence-corrected chi connectivity index (χ3v) is 4.57. The number of carbonyl (C=O) groups excluding carboxylic acids is 2. The van der Waals surface area contributed by atoms with Crippen LogP contribution in [0.15, 0.2) is 64.3 Å². The van der Waals surface area contributed by atoms with Gasteiger partial charge in [0.2, 0.25) is 0 Å². The molecule has 1 unspecified atom stereocenters. The third-order valence-electron chi connectivity index (χ3n) is 3.85. The van der Waals surface area contributed by atoms with Crippen LogP contribution in [-0.4, -0.2) is 11.9 Å². The molecule has 1 aliphatic heterocycles. The van der Waals surface area contributed by atoms with E-state index in [4.69, 9.17) is 0 Å². The van der Waals surface area contributed by atoms with Crippen molar-refractivity contribution in [2.75, 3.05) is 5.32 Å². The summed E-state index contributed by atoms with van der Waals surface area (Å²) >= 11 is 3.44. The zero-order chi connectivity index (χ0) is 18.0. The molecule has 5 nitrogen and oxygen atoms in total. The highest BCUT2D eigenvalue weighted by atomic mass is 79.9. The number of para-hydroxylation sites is 1. The van der Waals surface area contributed by atoms with E-state index in [-0.39, 0.29) is 5.69 Å². The van der Waals surface area contributed by atoms with E-state index in [9.17, 15) is 14.0 Å². The van der Waals surface area contributed by atoms with E-state index in [0.717, 1.165) is 10.0 Å². The molecule has 3 amide bonds. The minimum atomic E-state index is -0.656. The summed E-state index contributed by atoms with van der Waals surface area (Å²) in [4.78, 5) is 24.7. The van der Waals surface area contributed by atoms with Crippen molar-refractivity contribution in [1.29, 1.82) is 0 Å². The van der Waals surface area contributed by atoms with Gasteiger partial charge in [0.05, 0.1) is 17.3 Å². The molecule has 0 radical (unpaired) electrons. The van der Waals surface area contributed by atoms with E-state index in [0.29, 0.717) is 11.3 Å². The summed E-state index contributed by atoms with van der Waals surface area (Å²) in [5.74, 6) is -1.02. The van der Waals surface area contributed by atoms with E-state index in [1.807, 2.05) is 24.3 Å². The molecule has 7 heteroatoms. The van der Waals surface area contributed by atoms with Crippen molar-refractivity contribution >= 4 is 33.6 Å². The van der Waals surface area contributed by atoms with Crippen LogP contribution in [0.3, 0.4) is 0 Å². The maximum absolute atomic E-state index is 13.8. The molecule has 0 aromatic heterocycles. The average molecular weight is 404 g/mol. The summed E-state index contributed by atoms with van der Waals surface area (Å²) in [5.41, 5.74) is 1.54. The third kappa shape index (κ3) is 3.56. The first-order valence-electron chi connectivity index (χ1n) is 7.56. The highest BCUT2D eigenvalue weighted by Crippen LogP contribution is 2.32. The van der Waals surface area contributed by atoms with Crippen molar-refractivity contribution in [2.24, 2.45) is 0 Å². The predicted octanol–water partition coefficient (Wildman–Crippen LogP) is 3.85. The molecule has 0 spiro atoms. The Morgan fingerprint density at radius 2 is 1.84 bits per heavy atom. The number of halogens is 2. The minimum absolute atomic E-state index is 0.0792. The zero-order valence-corrected chi connectivity index (χ0v) is 14.9. The first-order chi connectivity index (χ1) is 12.0. The van der Waals surface area contributed by atoms with Crippen LogP contribution in [-0.2, 0) is 4.79 Å². The highest BCUT2D eigenvalue weighted by Gasteiger charge is 2.32. The molecule has 1 aliphatic rings. The molecule has 0 fully saturated rings. The molecule has 0 aliphatic carbocycles. The largest absolute Gasteiger partial charge is 0.327 e. The van der Waals surface area contributed by atoms with Crippen LogP contribution in [0.5, 0.6) is 0 Å². The summed E-state index contributed by atoms with van der Waals surface area (Å²) in [6, 6.07) is 12.1. The summed E-state index contributed by atoms with van der Waals surface area (Å²) in [5, 5.41) is 7.90. The number of nitrogens with one attached hydrogen (secondary N) is 3. The number of benzene rings is 2. The molecule has 0 saturated carbocycles. The van der Waals surface area contributed by atoms with Crippen molar-refractivity contribution < 1.29 is 14.0 Å². The fourth-order valence-electron chi connectivity index (χ4n) is 2.69. The molecule has 2 aromatic rings. The van der Waals surface area contributed by atoms with Crippen molar-refractivity contribution in [2.45, 2.75) is 13.0 Å². The maximum Gasteiger partial charge on any atom is 0.319 e. The van der Waals surface area contributed by atoms with E-state index in [2.05, 4.69) is 31.9 Å². The Kier molecular flexibility index (Phi) is 4.85. The lowest BCUT2D eigenvalue weighted by molar-refractivity contribution is -0.113. The number of hydrogen-bond acceptors (Lipinski definition) is 2. The number of carbonyl (C=O) groups is 2. The number of urea groups is 1. The van der Waals surface area contributed by atoms with E-state index in [1.165, 1.54) is 12.1 Å². The molecular formula is C18H15BrFN3O2. The number of allylic oxidation sites excluding steroid dienone is 1. The standard InChI is InChI=1S/C18H15BrFN3O2/c1-10-15(17(24)22-14-9-5-4-8-13(14)20)16(23-18(25)21-10)11-6-2-3-7-12(11)19/h2-9,16H,1H3,(H,22,24)(H2,21,23,25). The van der Waals surface area contributed by atoms with Gasteiger partial charge in [0.15, 0.2) is 0 Å². The topological polar surface area (TPSA) is 70.2 Å². The fourth-order valence-corrected chi connectivity index (χ4v) is 3.20. The normalized spacial score (nSPS) is 16.9. The van der Waals surface area contributed by atoms with E-state index < -0.39 is 23.8 Å². The number of hydrogen-bond donors (Lipinski definition) is 3. The molecule has 25 heavy (non-hydrogen) atoms. The lowest BCUT2D eigenvalue weighted by atomic mass is 9.95. The molecule has 3 rings (SSSR count). The van der Waals surface area contributed by atoms with Crippen LogP contribution in [0.25, 0.3) is 0 Å². The summed E-state index contributed by atoms with van der Waals surface area (Å²) in [7, 11) is 0. The number of amides is 3. The lowest BCUT2D eigenvalue weighted by Gasteiger charge is -2.29. The van der Waals surface area contributed by atoms with Crippen LogP contribution in [0.4, 0.5) is 14.9 Å². The second-order valence-corrected chi connectivity index (χ2v) is 6.38. The van der Waals surface area contributed by atoms with E-state index >= 15 is 0 Å². The monoisotopic (exact) mass is 403 g/mol. The average Bonchev–Trinajstić information content (AvgIpc) is 2.56. The van der Waals surface area contributed by atoms with Gasteiger partial charge in [-0.15, -0.1) is 0 Å². The van der Waals surface area contributed by atoms with Crippen molar-refractivity contribution in [3.05, 3.63) is 75.7 Å². The Bertz CT molecular complexity index is 882. The van der Waals surface area contributed by atoms with Crippen LogP contribution in [0.2, 0.25) is 0 Å². The molecule has 0 bridgehead atoms. The van der Waals surface area contributed by atoms with Crippen molar-refractivity contribution in [3.8, 4) is 0 Å². The Morgan fingerprint density at radius 3 is 2.56 bits per heavy atom. The van der Waals surface area contributed by atoms with E-state index in [1.54, 1.807) is 19.1 Å². The Morgan fingerprint density at radius 1 is 1.16 bits per heavy atom. The van der Waals surface area contributed by atoms with Crippen molar-refractivity contribution in [1.82, 2.24) is 10.6 Å². The van der Waals surface area contributed by atoms with Gasteiger partial charge in [-0.1, -0.05) is 46.3 Å². The first kappa shape index (κ1) is 17.2. The molecular weight excluding hydrogens is 389 g/mol. The van der Waals surface area contributed by atoms with Gasteiger partial charge in [-0.3, -0.25) is 4.79 Å². The van der Waals surface area contributed by atoms with Gasteiger partial charge in [-0.25, -0.2) is 9.18 Å². The van der Waals surface area contributed by atoms with Crippen LogP contribution >= 0.6 is 15.9 Å². The van der Waals surface area contributed by atoms with Gasteiger partial charge in [0.25, 0.3) is 5.91 Å². The summed E-state index contributed by atoms with van der Waals surface area (Å²) in [6.07, 6.45) is 0. The molecule has 128 valence electrons. The van der Waals surface area contributed by atoms with Crippen LogP contribution in [0.1, 0.15) is 18.5 Å². The number of anilines is 1. The maximum atomic E-state index is 13.8. The quantitative estimate of drug-likeness (QED) is 0.728. The second kappa shape index (κ2) is 7.06. The highest BCUT2D eigenvalue weighted by molar-refractivity contribution is 9.10. The number of rotatable bonds is 3. The SMILES string of the molecule is CC1=C(C(=O)Nc2ccccc2F)C(c2ccccc2Br)NC(=O)N1. The summed E-state index contributed by atoms with van der Waals surface area (Å²) < 4.78 is 14.6. The molecule has 2 aromatic carbocycles. The Balaban J connectivity index is 1.99. The Labute approximate surface area is 152 Å². The van der Waals surface area contributed by atoms with Gasteiger partial charge in [0, 0.05) is 10.2 Å². The fraction of sp³-hybridized carbons (Fsp3) is 0.111.